The van der Waals surface area contributed by atoms with Crippen molar-refractivity contribution in [3.05, 3.63) is 89.4 Å². The molecule has 0 saturated heterocycles. The fourth-order valence-corrected chi connectivity index (χ4v) is 2.99. The summed E-state index contributed by atoms with van der Waals surface area (Å²) in [6, 6.07) is 13.9. The summed E-state index contributed by atoms with van der Waals surface area (Å²) in [6.07, 6.45) is 6.76. The molecule has 4 aromatic rings. The van der Waals surface area contributed by atoms with E-state index in [2.05, 4.69) is 51.6 Å². The second-order valence-electron chi connectivity index (χ2n) is 6.18. The number of benzene rings is 1. The Morgan fingerprint density at radius 3 is 2.62 bits per heavy atom. The summed E-state index contributed by atoms with van der Waals surface area (Å²) in [6.45, 7) is 9.31. The number of halogens is 1. The van der Waals surface area contributed by atoms with Crippen LogP contribution >= 0.6 is 11.6 Å². The molecule has 146 valence electrons. The first-order valence-corrected chi connectivity index (χ1v) is 9.50. The van der Waals surface area contributed by atoms with E-state index in [9.17, 15) is 0 Å². The van der Waals surface area contributed by atoms with E-state index in [-0.39, 0.29) is 0 Å². The van der Waals surface area contributed by atoms with Gasteiger partial charge in [-0.15, -0.1) is 10.2 Å². The van der Waals surface area contributed by atoms with Crippen LogP contribution in [0.4, 0.5) is 0 Å². The van der Waals surface area contributed by atoms with Crippen LogP contribution in [0, 0.1) is 0 Å². The van der Waals surface area contributed by atoms with E-state index in [1.807, 2.05) is 36.4 Å². The molecule has 0 aliphatic carbocycles. The fourth-order valence-electron chi connectivity index (χ4n) is 2.80. The maximum absolute atomic E-state index is 5.61. The Labute approximate surface area is 174 Å². The highest BCUT2D eigenvalue weighted by Gasteiger charge is 2.09. The summed E-state index contributed by atoms with van der Waals surface area (Å²) in [4.78, 5) is 8.16. The molecule has 0 radical (unpaired) electrons. The van der Waals surface area contributed by atoms with E-state index < -0.39 is 0 Å². The van der Waals surface area contributed by atoms with Crippen molar-refractivity contribution in [1.29, 1.82) is 0 Å². The first kappa shape index (κ1) is 20.4. The van der Waals surface area contributed by atoms with Gasteiger partial charge in [-0.25, -0.2) is 4.98 Å². The topological polar surface area (TPSA) is 68.8 Å². The Balaban J connectivity index is 0.000000224. The summed E-state index contributed by atoms with van der Waals surface area (Å²) >= 11 is 5.61. The summed E-state index contributed by atoms with van der Waals surface area (Å²) in [5, 5.41) is 13.7. The van der Waals surface area contributed by atoms with Crippen molar-refractivity contribution in [1.82, 2.24) is 24.8 Å². The molecule has 29 heavy (non-hydrogen) atoms. The predicted molar refractivity (Wildman–Crippen MR) is 118 cm³/mol. The van der Waals surface area contributed by atoms with Gasteiger partial charge in [0.1, 0.15) is 5.15 Å². The average Bonchev–Trinajstić information content (AvgIpc) is 3.15. The molecule has 4 rings (SSSR count). The van der Waals surface area contributed by atoms with Crippen LogP contribution in [0.15, 0.2) is 66.5 Å². The molecular weight excluding hydrogens is 384 g/mol. The lowest BCUT2D eigenvalue weighted by Gasteiger charge is -2.03. The largest absolute Gasteiger partial charge is 0.256 e. The van der Waals surface area contributed by atoms with Crippen molar-refractivity contribution in [2.45, 2.75) is 19.8 Å². The normalized spacial score (nSPS) is 10.3. The molecular formula is C22H21ClN6. The smallest absolute Gasteiger partial charge is 0.177 e. The van der Waals surface area contributed by atoms with Gasteiger partial charge in [0, 0.05) is 30.9 Å². The summed E-state index contributed by atoms with van der Waals surface area (Å²) in [7, 11) is 0. The monoisotopic (exact) mass is 404 g/mol. The molecule has 0 aliphatic rings. The minimum atomic E-state index is 0.578. The number of aromatic nitrogens is 5. The fraction of sp³-hybridized carbons (Fsp3) is 0.136. The maximum atomic E-state index is 5.61. The van der Waals surface area contributed by atoms with Crippen molar-refractivity contribution in [3.63, 3.8) is 0 Å². The molecule has 1 aromatic carbocycles. The lowest BCUT2D eigenvalue weighted by molar-refractivity contribution is 0.797. The van der Waals surface area contributed by atoms with Crippen LogP contribution in [0.2, 0.25) is 5.15 Å². The third kappa shape index (κ3) is 5.12. The van der Waals surface area contributed by atoms with Gasteiger partial charge in [0.25, 0.3) is 0 Å². The predicted octanol–water partition coefficient (Wildman–Crippen LogP) is 4.82. The molecule has 3 heterocycles. The third-order valence-electron chi connectivity index (χ3n) is 4.28. The molecule has 0 fully saturated rings. The molecule has 0 spiro atoms. The molecule has 7 heteroatoms. The molecule has 0 atom stereocenters. The lowest BCUT2D eigenvalue weighted by atomic mass is 10.1. The minimum absolute atomic E-state index is 0.578. The van der Waals surface area contributed by atoms with Gasteiger partial charge in [-0.2, -0.15) is 9.78 Å². The molecule has 0 unspecified atom stereocenters. The number of aryl methyl sites for hydroxylation is 1. The van der Waals surface area contributed by atoms with Crippen molar-refractivity contribution < 1.29 is 0 Å². The molecule has 0 bridgehead atoms. The van der Waals surface area contributed by atoms with Crippen molar-refractivity contribution in [2.24, 2.45) is 5.10 Å². The molecule has 0 saturated carbocycles. The van der Waals surface area contributed by atoms with Gasteiger partial charge in [0.2, 0.25) is 0 Å². The molecule has 0 aliphatic heterocycles. The van der Waals surface area contributed by atoms with Gasteiger partial charge < -0.3 is 0 Å². The van der Waals surface area contributed by atoms with Crippen molar-refractivity contribution in [2.75, 3.05) is 0 Å². The number of rotatable bonds is 5. The highest BCUT2D eigenvalue weighted by Crippen LogP contribution is 2.16. The first-order valence-electron chi connectivity index (χ1n) is 9.12. The van der Waals surface area contributed by atoms with E-state index in [1.165, 1.54) is 5.56 Å². The molecule has 6 nitrogen and oxygen atoms in total. The standard InChI is InChI=1S/C15H13N5.C7H8ClN/c1-3-14-18-19-15(20(14)16-2)10-11-6-7-13-12(9-11)5-4-8-17-13;1-2-6-3-4-9-7(8)5-6/h3-9H,1-2,10H2;3-5H,2H2,1H3. The number of hydrogen-bond donors (Lipinski definition) is 0. The van der Waals surface area contributed by atoms with Gasteiger partial charge in [0.05, 0.1) is 5.52 Å². The van der Waals surface area contributed by atoms with Crippen molar-refractivity contribution >= 4 is 35.3 Å². The SMILES string of the molecule is C=Cc1nnc(Cc2ccc3ncccc3c2)n1N=C.CCc1ccnc(Cl)c1. The highest BCUT2D eigenvalue weighted by molar-refractivity contribution is 6.29. The molecule has 3 aromatic heterocycles. The second-order valence-corrected chi connectivity index (χ2v) is 6.57. The second kappa shape index (κ2) is 9.71. The maximum Gasteiger partial charge on any atom is 0.177 e. The molecule has 0 amide bonds. The Kier molecular flexibility index (Phi) is 6.81. The van der Waals surface area contributed by atoms with E-state index in [0.717, 1.165) is 28.7 Å². The van der Waals surface area contributed by atoms with Gasteiger partial charge >= 0.3 is 0 Å². The zero-order chi connectivity index (χ0) is 20.6. The Morgan fingerprint density at radius 1 is 1.07 bits per heavy atom. The Bertz CT molecular complexity index is 1140. The van der Waals surface area contributed by atoms with Crippen LogP contribution in [0.1, 0.15) is 29.7 Å². The number of nitrogens with zero attached hydrogens (tertiary/aromatic N) is 6. The van der Waals surface area contributed by atoms with Crippen LogP contribution in [0.25, 0.3) is 17.0 Å². The first-order chi connectivity index (χ1) is 14.1. The summed E-state index contributed by atoms with van der Waals surface area (Å²) in [5.74, 6) is 1.33. The highest BCUT2D eigenvalue weighted by atomic mass is 35.5. The lowest BCUT2D eigenvalue weighted by Crippen LogP contribution is -2.00. The van der Waals surface area contributed by atoms with E-state index in [4.69, 9.17) is 11.6 Å². The van der Waals surface area contributed by atoms with Crippen LogP contribution < -0.4 is 0 Å². The quantitative estimate of drug-likeness (QED) is 0.353. The Morgan fingerprint density at radius 2 is 1.93 bits per heavy atom. The van der Waals surface area contributed by atoms with E-state index in [1.54, 1.807) is 23.1 Å². The number of fused-ring (bicyclic) bond motifs is 1. The summed E-state index contributed by atoms with van der Waals surface area (Å²) < 4.78 is 1.60. The van der Waals surface area contributed by atoms with Crippen LogP contribution in [0.5, 0.6) is 0 Å². The average molecular weight is 405 g/mol. The number of hydrogen-bond acceptors (Lipinski definition) is 5. The Hall–Kier alpha value is -3.38. The third-order valence-corrected chi connectivity index (χ3v) is 4.49. The van der Waals surface area contributed by atoms with Gasteiger partial charge in [0.15, 0.2) is 11.6 Å². The minimum Gasteiger partial charge on any atom is -0.256 e. The van der Waals surface area contributed by atoms with Crippen LogP contribution in [-0.2, 0) is 12.8 Å². The van der Waals surface area contributed by atoms with Gasteiger partial charge in [-0.05, 0) is 54.0 Å². The van der Waals surface area contributed by atoms with Crippen LogP contribution in [0.3, 0.4) is 0 Å². The zero-order valence-electron chi connectivity index (χ0n) is 16.2. The van der Waals surface area contributed by atoms with E-state index in [0.29, 0.717) is 17.4 Å². The summed E-state index contributed by atoms with van der Waals surface area (Å²) in [5.41, 5.74) is 3.33. The van der Waals surface area contributed by atoms with Gasteiger partial charge in [-0.1, -0.05) is 37.2 Å². The van der Waals surface area contributed by atoms with Crippen molar-refractivity contribution in [3.8, 4) is 0 Å². The molecule has 0 N–H and O–H groups in total. The number of pyridine rings is 2. The van der Waals surface area contributed by atoms with Gasteiger partial charge in [-0.3, -0.25) is 4.98 Å². The van der Waals surface area contributed by atoms with Crippen LogP contribution in [-0.4, -0.2) is 31.6 Å². The van der Waals surface area contributed by atoms with E-state index >= 15 is 0 Å². The zero-order valence-corrected chi connectivity index (χ0v) is 16.9.